The van der Waals surface area contributed by atoms with Gasteiger partial charge >= 0.3 is 35.8 Å². The molecular formula is C39H60N6O18. The quantitative estimate of drug-likeness (QED) is 0.0320. The molecule has 0 amide bonds. The van der Waals surface area contributed by atoms with E-state index in [2.05, 4.69) is 39.5 Å². The highest BCUT2D eigenvalue weighted by Crippen LogP contribution is 2.24. The number of carbonyl (C=O) groups is 6. The second-order valence-corrected chi connectivity index (χ2v) is 13.4. The Labute approximate surface area is 364 Å². The summed E-state index contributed by atoms with van der Waals surface area (Å²) < 4.78 is 29.6. The Morgan fingerprint density at radius 3 is 0.683 bits per heavy atom. The number of carbonyl (C=O) groups excluding carboxylic acids is 6. The van der Waals surface area contributed by atoms with E-state index in [-0.39, 0.29) is 95.6 Å². The minimum atomic E-state index is -1.52. The minimum Gasteiger partial charge on any atom is -0.461 e. The van der Waals surface area contributed by atoms with Gasteiger partial charge in [-0.25, -0.2) is 58.2 Å². The average molecular weight is 901 g/mol. The van der Waals surface area contributed by atoms with Gasteiger partial charge in [-0.05, 0) is 20.8 Å². The molecule has 2 saturated heterocycles. The first kappa shape index (κ1) is 55.8. The lowest BCUT2D eigenvalue weighted by molar-refractivity contribution is -0.342. The van der Waals surface area contributed by atoms with Gasteiger partial charge in [0.15, 0.2) is 38.1 Å². The smallest absolute Gasteiger partial charge is 0.333 e. The number of nitrogens with zero attached hydrogens (tertiary/aromatic N) is 6. The SMILES string of the molecule is C=C(C)C(=O)OCCN1C(O)N(CCOC(=O)C(=C)C)C(O)N(CCOC(=O)C(=C)C)C1O.C=CC(=O)OCCN1C(O)N(CCOC(=O)C=C)C(O)N(CCOC(=O)C=C)C1O. The van der Waals surface area contributed by atoms with E-state index < -0.39 is 73.9 Å². The van der Waals surface area contributed by atoms with Crippen LogP contribution in [0.2, 0.25) is 0 Å². The Morgan fingerprint density at radius 2 is 0.540 bits per heavy atom. The van der Waals surface area contributed by atoms with E-state index in [1.54, 1.807) is 0 Å². The molecule has 0 aliphatic carbocycles. The summed E-state index contributed by atoms with van der Waals surface area (Å²) in [5.74, 6) is -3.96. The van der Waals surface area contributed by atoms with Gasteiger partial charge in [-0.3, -0.25) is 0 Å². The van der Waals surface area contributed by atoms with Crippen molar-refractivity contribution in [1.29, 1.82) is 0 Å². The molecule has 354 valence electrons. The summed E-state index contributed by atoms with van der Waals surface area (Å²) in [6.07, 6.45) is -6.18. The molecule has 2 rings (SSSR count). The highest BCUT2D eigenvalue weighted by atomic mass is 16.6. The van der Waals surface area contributed by atoms with Crippen LogP contribution in [0.25, 0.3) is 0 Å². The molecule has 0 aromatic heterocycles. The van der Waals surface area contributed by atoms with Crippen LogP contribution >= 0.6 is 0 Å². The molecule has 0 atom stereocenters. The van der Waals surface area contributed by atoms with E-state index in [9.17, 15) is 59.4 Å². The minimum absolute atomic E-state index is 0.111. The van der Waals surface area contributed by atoms with Gasteiger partial charge in [0, 0.05) is 74.2 Å². The van der Waals surface area contributed by atoms with Crippen molar-refractivity contribution >= 4 is 35.8 Å². The molecule has 0 aromatic rings. The van der Waals surface area contributed by atoms with Crippen molar-refractivity contribution in [3.63, 3.8) is 0 Å². The Bertz CT molecular complexity index is 1440. The van der Waals surface area contributed by atoms with Crippen LogP contribution in [0.3, 0.4) is 0 Å². The van der Waals surface area contributed by atoms with E-state index in [1.807, 2.05) is 0 Å². The molecule has 63 heavy (non-hydrogen) atoms. The highest BCUT2D eigenvalue weighted by molar-refractivity contribution is 5.87. The van der Waals surface area contributed by atoms with Crippen molar-refractivity contribution in [3.05, 3.63) is 74.4 Å². The number of aliphatic hydroxyl groups excluding tert-OH is 6. The lowest BCUT2D eigenvalue weighted by Gasteiger charge is -2.51. The zero-order valence-electron chi connectivity index (χ0n) is 35.7. The second kappa shape index (κ2) is 28.5. The molecule has 2 fully saturated rings. The van der Waals surface area contributed by atoms with Crippen LogP contribution in [0.1, 0.15) is 20.8 Å². The topological polar surface area (TPSA) is 299 Å². The highest BCUT2D eigenvalue weighted by Gasteiger charge is 2.45. The van der Waals surface area contributed by atoms with E-state index in [1.165, 1.54) is 20.8 Å². The lowest BCUT2D eigenvalue weighted by Crippen LogP contribution is -2.72. The van der Waals surface area contributed by atoms with Crippen molar-refractivity contribution in [1.82, 2.24) is 29.4 Å². The third kappa shape index (κ3) is 18.2. The fourth-order valence-electron chi connectivity index (χ4n) is 5.28. The van der Waals surface area contributed by atoms with Crippen molar-refractivity contribution < 1.29 is 87.8 Å². The third-order valence-corrected chi connectivity index (χ3v) is 8.63. The summed E-state index contributed by atoms with van der Waals surface area (Å²) in [6.45, 7) is 22.9. The standard InChI is InChI=1S/C21H33N3O9.C18H27N3O9/c1-13(2)16(25)31-10-7-22-19(28)23(8-11-32-17(26)14(3)4)21(30)24(20(22)29)9-12-33-18(27)15(5)6;1-4-13(22)28-10-7-19-16(25)20(8-11-29-14(23)5-2)18(27)21(17(19)26)9-12-30-15(24)6-3/h19-21,28-30H,1,3,5,7-12H2,2,4,6H3;4-6,16-18,25-27H,1-3,7-12H2. The third-order valence-electron chi connectivity index (χ3n) is 8.63. The first-order valence-electron chi connectivity index (χ1n) is 19.1. The number of rotatable bonds is 24. The van der Waals surface area contributed by atoms with Crippen LogP contribution in [0.15, 0.2) is 74.4 Å². The fourth-order valence-corrected chi connectivity index (χ4v) is 5.28. The van der Waals surface area contributed by atoms with Crippen LogP contribution in [0.4, 0.5) is 0 Å². The molecule has 0 saturated carbocycles. The number of hydrogen-bond donors (Lipinski definition) is 6. The molecule has 24 nitrogen and oxygen atoms in total. The maximum absolute atomic E-state index is 11.6. The molecule has 2 heterocycles. The van der Waals surface area contributed by atoms with Gasteiger partial charge < -0.3 is 59.1 Å². The summed E-state index contributed by atoms with van der Waals surface area (Å²) in [5.41, 5.74) is 0.561. The van der Waals surface area contributed by atoms with Crippen LogP contribution in [-0.4, -0.2) is 213 Å². The molecule has 6 N–H and O–H groups in total. The zero-order valence-corrected chi connectivity index (χ0v) is 35.7. The average Bonchev–Trinajstić information content (AvgIpc) is 3.24. The van der Waals surface area contributed by atoms with Crippen LogP contribution < -0.4 is 0 Å². The van der Waals surface area contributed by atoms with Gasteiger partial charge in [-0.2, -0.15) is 0 Å². The number of ether oxygens (including phenoxy) is 6. The molecule has 0 bridgehead atoms. The molecule has 0 unspecified atom stereocenters. The Kier molecular flexibility index (Phi) is 25.2. The summed E-state index contributed by atoms with van der Waals surface area (Å²) in [7, 11) is 0. The second-order valence-electron chi connectivity index (χ2n) is 13.4. The summed E-state index contributed by atoms with van der Waals surface area (Å²) in [5, 5.41) is 63.9. The first-order chi connectivity index (χ1) is 29.6. The lowest BCUT2D eigenvalue weighted by atomic mass is 10.3. The Hall–Kier alpha value is -5.22. The van der Waals surface area contributed by atoms with E-state index >= 15 is 0 Å². The van der Waals surface area contributed by atoms with Crippen LogP contribution in [0, 0.1) is 0 Å². The van der Waals surface area contributed by atoms with Gasteiger partial charge in [-0.15, -0.1) is 0 Å². The maximum Gasteiger partial charge on any atom is 0.333 e. The predicted octanol–water partition coefficient (Wildman–Crippen LogP) is -2.99. The van der Waals surface area contributed by atoms with Gasteiger partial charge in [0.25, 0.3) is 0 Å². The van der Waals surface area contributed by atoms with Crippen LogP contribution in [0.5, 0.6) is 0 Å². The van der Waals surface area contributed by atoms with E-state index in [0.29, 0.717) is 0 Å². The van der Waals surface area contributed by atoms with E-state index in [0.717, 1.165) is 47.6 Å². The molecule has 24 heteroatoms. The Balaban J connectivity index is 0.000000633. The monoisotopic (exact) mass is 900 g/mol. The Morgan fingerprint density at radius 1 is 0.381 bits per heavy atom. The maximum atomic E-state index is 11.6. The summed E-state index contributed by atoms with van der Waals surface area (Å²) in [6, 6.07) is 0. The number of esters is 6. The van der Waals surface area contributed by atoms with Gasteiger partial charge in [-0.1, -0.05) is 39.5 Å². The van der Waals surface area contributed by atoms with Gasteiger partial charge in [0.1, 0.15) is 39.6 Å². The summed E-state index contributed by atoms with van der Waals surface area (Å²) in [4.78, 5) is 75.2. The van der Waals surface area contributed by atoms with E-state index in [4.69, 9.17) is 28.4 Å². The van der Waals surface area contributed by atoms with Crippen LogP contribution in [-0.2, 0) is 57.2 Å². The van der Waals surface area contributed by atoms with Crippen molar-refractivity contribution in [3.8, 4) is 0 Å². The van der Waals surface area contributed by atoms with Crippen molar-refractivity contribution in [2.75, 3.05) is 78.9 Å². The van der Waals surface area contributed by atoms with Gasteiger partial charge in [0.05, 0.1) is 0 Å². The molecular weight excluding hydrogens is 840 g/mol. The predicted molar refractivity (Wildman–Crippen MR) is 217 cm³/mol. The van der Waals surface area contributed by atoms with Crippen molar-refractivity contribution in [2.24, 2.45) is 0 Å². The molecule has 0 spiro atoms. The zero-order chi connectivity index (χ0) is 48.0. The number of aliphatic hydroxyl groups is 6. The van der Waals surface area contributed by atoms with Crippen molar-refractivity contribution in [2.45, 2.75) is 58.9 Å². The normalized spacial score (nSPS) is 22.2. The van der Waals surface area contributed by atoms with Gasteiger partial charge in [0.2, 0.25) is 0 Å². The molecule has 0 radical (unpaired) electrons. The fraction of sp³-hybridized carbons (Fsp3) is 0.538. The largest absolute Gasteiger partial charge is 0.461 e. The molecule has 0 aromatic carbocycles. The number of hydrogen-bond acceptors (Lipinski definition) is 24. The first-order valence-corrected chi connectivity index (χ1v) is 19.1. The summed E-state index contributed by atoms with van der Waals surface area (Å²) >= 11 is 0. The molecule has 2 aliphatic rings. The molecule has 2 aliphatic heterocycles.